The van der Waals surface area contributed by atoms with Crippen LogP contribution < -0.4 is 10.4 Å². The number of carbonyl (C=O) groups excluding carboxylic acids is 4. The van der Waals surface area contributed by atoms with Gasteiger partial charge in [-0.3, -0.25) is 19.8 Å². The number of carboxylic acids is 1. The van der Waals surface area contributed by atoms with Gasteiger partial charge in [0.05, 0.1) is 5.97 Å². The third-order valence-corrected chi connectivity index (χ3v) is 3.63. The Kier molecular flexibility index (Phi) is 3.94. The number of hydrogen-bond donors (Lipinski definition) is 1. The number of benzene rings is 1. The van der Waals surface area contributed by atoms with Gasteiger partial charge in [-0.15, -0.1) is 0 Å². The van der Waals surface area contributed by atoms with E-state index in [9.17, 15) is 24.3 Å². The monoisotopic (exact) mass is 339 g/mol. The van der Waals surface area contributed by atoms with Crippen molar-refractivity contribution in [3.05, 3.63) is 53.3 Å². The molecule has 0 spiro atoms. The molecule has 1 saturated heterocycles. The van der Waals surface area contributed by atoms with Crippen LogP contribution in [0.4, 0.5) is 4.79 Å². The molecule has 0 saturated carbocycles. The largest absolute Gasteiger partial charge is 0.545 e. The van der Waals surface area contributed by atoms with Gasteiger partial charge in [0.2, 0.25) is 0 Å². The molecule has 1 aliphatic rings. The molecule has 2 aromatic rings. The summed E-state index contributed by atoms with van der Waals surface area (Å²) in [7, 11) is 1.24. The lowest BCUT2D eigenvalue weighted by Gasteiger charge is -2.21. The van der Waals surface area contributed by atoms with Crippen molar-refractivity contribution >= 4 is 29.9 Å². The molecule has 1 aromatic carbocycles. The number of rotatable bonds is 3. The molecule has 8 heteroatoms. The van der Waals surface area contributed by atoms with E-state index in [1.807, 2.05) is 5.32 Å². The lowest BCUT2D eigenvalue weighted by Crippen LogP contribution is -2.52. The second kappa shape index (κ2) is 6.08. The van der Waals surface area contributed by atoms with Gasteiger partial charge in [0, 0.05) is 18.2 Å². The Balaban J connectivity index is 1.98. The quantitative estimate of drug-likeness (QED) is 0.638. The number of nitrogens with zero attached hydrogens (tertiary/aromatic N) is 1. The third-order valence-electron chi connectivity index (χ3n) is 3.63. The fourth-order valence-corrected chi connectivity index (χ4v) is 2.34. The molecule has 126 valence electrons. The molecule has 4 amide bonds. The van der Waals surface area contributed by atoms with E-state index in [4.69, 9.17) is 4.42 Å². The highest BCUT2D eigenvalue weighted by molar-refractivity contribution is 6.30. The van der Waals surface area contributed by atoms with Crippen LogP contribution in [-0.2, 0) is 9.59 Å². The van der Waals surface area contributed by atoms with Gasteiger partial charge in [-0.25, -0.2) is 4.79 Å². The summed E-state index contributed by atoms with van der Waals surface area (Å²) in [5, 5.41) is 13.2. The molecule has 0 aliphatic carbocycles. The summed E-state index contributed by atoms with van der Waals surface area (Å²) in [4.78, 5) is 47.1. The van der Waals surface area contributed by atoms with Crippen LogP contribution in [0.3, 0.4) is 0 Å². The topological polar surface area (TPSA) is 120 Å². The van der Waals surface area contributed by atoms with Crippen LogP contribution in [0.5, 0.6) is 0 Å². The highest BCUT2D eigenvalue weighted by Gasteiger charge is 2.33. The van der Waals surface area contributed by atoms with E-state index in [1.54, 1.807) is 18.2 Å². The van der Waals surface area contributed by atoms with E-state index in [1.165, 1.54) is 31.3 Å². The van der Waals surface area contributed by atoms with Crippen LogP contribution in [-0.4, -0.2) is 35.8 Å². The number of carbonyl (C=O) groups is 4. The summed E-state index contributed by atoms with van der Waals surface area (Å²) in [6, 6.07) is 8.30. The minimum absolute atomic E-state index is 0.0483. The third kappa shape index (κ3) is 2.92. The predicted molar refractivity (Wildman–Crippen MR) is 82.8 cm³/mol. The number of barbiturate groups is 1. The molecule has 3 rings (SSSR count). The van der Waals surface area contributed by atoms with Crippen LogP contribution in [0.15, 0.2) is 46.4 Å². The summed E-state index contributed by atoms with van der Waals surface area (Å²) in [6.45, 7) is 0. The Morgan fingerprint density at radius 2 is 1.88 bits per heavy atom. The standard InChI is InChI=1S/C17H12N2O6/c1-19-15(21)12(14(20)18-17(19)24)8-9-6-7-13(25-9)10-4-2-3-5-11(10)16(22)23/h2-8H,1H3,(H,22,23)(H,18,20,24)/p-1/b12-8+. The number of amides is 4. The molecule has 1 N–H and O–H groups in total. The Bertz CT molecular complexity index is 940. The van der Waals surface area contributed by atoms with Gasteiger partial charge in [-0.1, -0.05) is 24.3 Å². The average Bonchev–Trinajstić information content (AvgIpc) is 3.05. The first-order valence-electron chi connectivity index (χ1n) is 7.14. The zero-order valence-corrected chi connectivity index (χ0v) is 12.9. The highest BCUT2D eigenvalue weighted by Crippen LogP contribution is 2.27. The van der Waals surface area contributed by atoms with Gasteiger partial charge < -0.3 is 14.3 Å². The van der Waals surface area contributed by atoms with Gasteiger partial charge >= 0.3 is 6.03 Å². The summed E-state index contributed by atoms with van der Waals surface area (Å²) in [6.07, 6.45) is 1.19. The summed E-state index contributed by atoms with van der Waals surface area (Å²) in [5.41, 5.74) is -0.0112. The maximum Gasteiger partial charge on any atom is 0.331 e. The minimum atomic E-state index is -1.35. The fraction of sp³-hybridized carbons (Fsp3) is 0.0588. The first-order valence-corrected chi connectivity index (χ1v) is 7.14. The van der Waals surface area contributed by atoms with Crippen LogP contribution in [0.1, 0.15) is 16.1 Å². The van der Waals surface area contributed by atoms with E-state index in [-0.39, 0.29) is 22.7 Å². The smallest absolute Gasteiger partial charge is 0.331 e. The van der Waals surface area contributed by atoms with Gasteiger partial charge in [-0.2, -0.15) is 0 Å². The molecule has 0 atom stereocenters. The van der Waals surface area contributed by atoms with Crippen molar-refractivity contribution in [1.29, 1.82) is 0 Å². The fourth-order valence-electron chi connectivity index (χ4n) is 2.34. The van der Waals surface area contributed by atoms with Crippen LogP contribution >= 0.6 is 0 Å². The summed E-state index contributed by atoms with van der Waals surface area (Å²) in [5.74, 6) is -2.55. The molecule has 1 aliphatic heterocycles. The van der Waals surface area contributed by atoms with E-state index in [0.29, 0.717) is 5.56 Å². The zero-order valence-electron chi connectivity index (χ0n) is 12.9. The predicted octanol–water partition coefficient (Wildman–Crippen LogP) is 0.402. The lowest BCUT2D eigenvalue weighted by atomic mass is 10.1. The van der Waals surface area contributed by atoms with E-state index in [0.717, 1.165) is 4.90 Å². The molecule has 1 aromatic heterocycles. The number of aromatic carboxylic acids is 1. The summed E-state index contributed by atoms with van der Waals surface area (Å²) >= 11 is 0. The van der Waals surface area contributed by atoms with Gasteiger partial charge in [0.15, 0.2) is 0 Å². The SMILES string of the molecule is CN1C(=O)NC(=O)/C(=C\c2ccc(-c3ccccc3C(=O)[O-])o2)C1=O. The van der Waals surface area contributed by atoms with Gasteiger partial charge in [0.25, 0.3) is 11.8 Å². The molecule has 25 heavy (non-hydrogen) atoms. The van der Waals surface area contributed by atoms with E-state index >= 15 is 0 Å². The van der Waals surface area contributed by atoms with Crippen molar-refractivity contribution in [3.8, 4) is 11.3 Å². The molecule has 0 radical (unpaired) electrons. The second-order valence-corrected chi connectivity index (χ2v) is 5.22. The molecule has 0 unspecified atom stereocenters. The normalized spacial score (nSPS) is 16.3. The number of urea groups is 1. The molecule has 2 heterocycles. The molecule has 1 fully saturated rings. The average molecular weight is 339 g/mol. The molecule has 8 nitrogen and oxygen atoms in total. The van der Waals surface area contributed by atoms with Crippen LogP contribution in [0.2, 0.25) is 0 Å². The van der Waals surface area contributed by atoms with Crippen LogP contribution in [0.25, 0.3) is 17.4 Å². The Hall–Kier alpha value is -3.68. The van der Waals surface area contributed by atoms with Crippen molar-refractivity contribution < 1.29 is 28.7 Å². The number of imide groups is 2. The lowest BCUT2D eigenvalue weighted by molar-refractivity contribution is -0.255. The van der Waals surface area contributed by atoms with Crippen molar-refractivity contribution in [2.24, 2.45) is 0 Å². The number of hydrogen-bond acceptors (Lipinski definition) is 6. The first kappa shape index (κ1) is 16.2. The van der Waals surface area contributed by atoms with Crippen molar-refractivity contribution in [1.82, 2.24) is 10.2 Å². The van der Waals surface area contributed by atoms with Crippen molar-refractivity contribution in [2.45, 2.75) is 0 Å². The van der Waals surface area contributed by atoms with E-state index in [2.05, 4.69) is 0 Å². The number of likely N-dealkylation sites (N-methyl/N-ethyl adjacent to an activating group) is 1. The highest BCUT2D eigenvalue weighted by atomic mass is 16.4. The molecular formula is C17H11N2O6-. The van der Waals surface area contributed by atoms with Crippen molar-refractivity contribution in [2.75, 3.05) is 7.05 Å². The number of nitrogens with one attached hydrogen (secondary N) is 1. The maximum atomic E-state index is 12.0. The van der Waals surface area contributed by atoms with Gasteiger partial charge in [0.1, 0.15) is 17.1 Å². The number of carboxylic acid groups (broad SMARTS) is 1. The van der Waals surface area contributed by atoms with Gasteiger partial charge in [-0.05, 0) is 18.2 Å². The second-order valence-electron chi connectivity index (χ2n) is 5.22. The Labute approximate surface area is 141 Å². The maximum absolute atomic E-state index is 12.0. The summed E-state index contributed by atoms with van der Waals surface area (Å²) < 4.78 is 5.52. The zero-order chi connectivity index (χ0) is 18.1. The van der Waals surface area contributed by atoms with Crippen LogP contribution in [0, 0.1) is 0 Å². The Morgan fingerprint density at radius 3 is 2.60 bits per heavy atom. The first-order chi connectivity index (χ1) is 11.9. The van der Waals surface area contributed by atoms with Crippen molar-refractivity contribution in [3.63, 3.8) is 0 Å². The molecule has 0 bridgehead atoms. The Morgan fingerprint density at radius 1 is 1.16 bits per heavy atom. The minimum Gasteiger partial charge on any atom is -0.545 e. The number of furan rings is 1. The van der Waals surface area contributed by atoms with E-state index < -0.39 is 23.8 Å². The molecular weight excluding hydrogens is 328 g/mol.